The molecule has 2 rings (SSSR count). The fourth-order valence-electron chi connectivity index (χ4n) is 2.38. The molecule has 2 aromatic rings. The summed E-state index contributed by atoms with van der Waals surface area (Å²) in [6.45, 7) is 1.79. The first-order chi connectivity index (χ1) is 12.4. The van der Waals surface area contributed by atoms with E-state index < -0.39 is 19.9 Å². The quantitative estimate of drug-likeness (QED) is 0.785. The minimum atomic E-state index is -3.37. The molecule has 0 aromatic heterocycles. The van der Waals surface area contributed by atoms with Crippen molar-refractivity contribution in [2.75, 3.05) is 23.9 Å². The summed E-state index contributed by atoms with van der Waals surface area (Å²) < 4.78 is 47.2. The Morgan fingerprint density at radius 3 is 1.89 bits per heavy atom. The Labute approximate surface area is 160 Å². The maximum absolute atomic E-state index is 12.4. The van der Waals surface area contributed by atoms with E-state index in [2.05, 4.69) is 5.32 Å². The van der Waals surface area contributed by atoms with Gasteiger partial charge in [0, 0.05) is 18.9 Å². The molecule has 0 fully saturated rings. The molecule has 0 aliphatic heterocycles. The minimum Gasteiger partial charge on any atom is -0.346 e. The van der Waals surface area contributed by atoms with Crippen LogP contribution in [0.3, 0.4) is 0 Å². The molecule has 1 atom stereocenters. The van der Waals surface area contributed by atoms with Gasteiger partial charge in [0.2, 0.25) is 10.0 Å². The van der Waals surface area contributed by atoms with E-state index in [4.69, 9.17) is 0 Å². The van der Waals surface area contributed by atoms with Crippen molar-refractivity contribution in [1.82, 2.24) is 5.32 Å². The van der Waals surface area contributed by atoms with Crippen molar-refractivity contribution in [1.29, 1.82) is 0 Å². The van der Waals surface area contributed by atoms with Gasteiger partial charge in [-0.1, -0.05) is 12.1 Å². The third-order valence-electron chi connectivity index (χ3n) is 4.15. The molecular weight excluding hydrogens is 388 g/mol. The summed E-state index contributed by atoms with van der Waals surface area (Å²) in [5.74, 6) is -0.316. The molecule has 146 valence electrons. The summed E-state index contributed by atoms with van der Waals surface area (Å²) in [5, 5.41) is 2.83. The van der Waals surface area contributed by atoms with Crippen LogP contribution in [0.1, 0.15) is 28.9 Å². The molecule has 0 saturated heterocycles. The molecule has 2 aromatic carbocycles. The molecule has 27 heavy (non-hydrogen) atoms. The first kappa shape index (κ1) is 20.9. The molecule has 7 nitrogen and oxygen atoms in total. The van der Waals surface area contributed by atoms with Crippen LogP contribution in [-0.4, -0.2) is 42.3 Å². The smallest absolute Gasteiger partial charge is 0.251 e. The molecule has 0 saturated carbocycles. The Bertz CT molecular complexity index is 1030. The van der Waals surface area contributed by atoms with Gasteiger partial charge in [-0.25, -0.2) is 16.8 Å². The summed E-state index contributed by atoms with van der Waals surface area (Å²) in [5.41, 5.74) is 1.61. The van der Waals surface area contributed by atoms with Crippen LogP contribution in [0.15, 0.2) is 53.4 Å². The van der Waals surface area contributed by atoms with Crippen molar-refractivity contribution in [3.8, 4) is 0 Å². The number of sulfone groups is 1. The standard InChI is InChI=1S/C18H22N2O5S2/c1-13(14-7-11-17(12-8-14)26(3,22)23)19-18(21)15-5-9-16(10-6-15)20(2)27(4,24)25/h5-13H,1-4H3,(H,19,21)/t13-/m1/s1. The number of hydrogen-bond acceptors (Lipinski definition) is 5. The van der Waals surface area contributed by atoms with Crippen molar-refractivity contribution in [2.45, 2.75) is 17.9 Å². The van der Waals surface area contributed by atoms with Crippen LogP contribution in [0.25, 0.3) is 0 Å². The Morgan fingerprint density at radius 1 is 0.926 bits per heavy atom. The van der Waals surface area contributed by atoms with Crippen LogP contribution in [0, 0.1) is 0 Å². The summed E-state index contributed by atoms with van der Waals surface area (Å²) in [4.78, 5) is 12.6. The van der Waals surface area contributed by atoms with E-state index in [-0.39, 0.29) is 16.8 Å². The van der Waals surface area contributed by atoms with Gasteiger partial charge in [0.1, 0.15) is 0 Å². The monoisotopic (exact) mass is 410 g/mol. The number of carbonyl (C=O) groups excluding carboxylic acids is 1. The van der Waals surface area contributed by atoms with Gasteiger partial charge < -0.3 is 5.32 Å². The van der Waals surface area contributed by atoms with Crippen LogP contribution in [0.2, 0.25) is 0 Å². The number of anilines is 1. The second kappa shape index (κ2) is 7.69. The maximum Gasteiger partial charge on any atom is 0.251 e. The Balaban J connectivity index is 2.10. The van der Waals surface area contributed by atoms with E-state index in [0.717, 1.165) is 22.4 Å². The summed E-state index contributed by atoms with van der Waals surface area (Å²) in [6.07, 6.45) is 2.24. The van der Waals surface area contributed by atoms with Gasteiger partial charge in [-0.15, -0.1) is 0 Å². The lowest BCUT2D eigenvalue weighted by Gasteiger charge is -2.17. The molecule has 0 spiro atoms. The maximum atomic E-state index is 12.4. The molecular formula is C18H22N2O5S2. The van der Waals surface area contributed by atoms with Crippen LogP contribution in [0.4, 0.5) is 5.69 Å². The lowest BCUT2D eigenvalue weighted by atomic mass is 10.1. The second-order valence-corrected chi connectivity index (χ2v) is 10.3. The van der Waals surface area contributed by atoms with Gasteiger partial charge >= 0.3 is 0 Å². The Morgan fingerprint density at radius 2 is 1.44 bits per heavy atom. The highest BCUT2D eigenvalue weighted by atomic mass is 32.2. The molecule has 0 heterocycles. The average Bonchev–Trinajstić information content (AvgIpc) is 2.59. The lowest BCUT2D eigenvalue weighted by molar-refractivity contribution is 0.0940. The minimum absolute atomic E-state index is 0.218. The first-order valence-electron chi connectivity index (χ1n) is 8.04. The van der Waals surface area contributed by atoms with Gasteiger partial charge in [-0.05, 0) is 48.9 Å². The van der Waals surface area contributed by atoms with E-state index in [0.29, 0.717) is 11.3 Å². The number of benzene rings is 2. The van der Waals surface area contributed by atoms with Crippen LogP contribution < -0.4 is 9.62 Å². The van der Waals surface area contributed by atoms with E-state index in [9.17, 15) is 21.6 Å². The normalized spacial score (nSPS) is 13.0. The third kappa shape index (κ3) is 5.30. The number of nitrogens with zero attached hydrogens (tertiary/aromatic N) is 1. The first-order valence-corrected chi connectivity index (χ1v) is 11.8. The van der Waals surface area contributed by atoms with Crippen molar-refractivity contribution >= 4 is 31.5 Å². The summed E-state index contributed by atoms with van der Waals surface area (Å²) in [6, 6.07) is 12.2. The highest BCUT2D eigenvalue weighted by molar-refractivity contribution is 7.92. The largest absolute Gasteiger partial charge is 0.346 e. The van der Waals surface area contributed by atoms with E-state index in [1.54, 1.807) is 43.3 Å². The van der Waals surface area contributed by atoms with Gasteiger partial charge in [-0.3, -0.25) is 9.10 Å². The Kier molecular flexibility index (Phi) is 5.96. The zero-order chi connectivity index (χ0) is 20.4. The van der Waals surface area contributed by atoms with Gasteiger partial charge in [-0.2, -0.15) is 0 Å². The van der Waals surface area contributed by atoms with E-state index >= 15 is 0 Å². The molecule has 0 unspecified atom stereocenters. The van der Waals surface area contributed by atoms with Gasteiger partial charge in [0.25, 0.3) is 5.91 Å². The van der Waals surface area contributed by atoms with Crippen molar-refractivity contribution in [2.24, 2.45) is 0 Å². The number of amides is 1. The van der Waals surface area contributed by atoms with Crippen molar-refractivity contribution in [3.63, 3.8) is 0 Å². The predicted octanol–water partition coefficient (Wildman–Crippen LogP) is 1.98. The number of nitrogens with one attached hydrogen (secondary N) is 1. The molecule has 0 radical (unpaired) electrons. The van der Waals surface area contributed by atoms with E-state index in [1.807, 2.05) is 0 Å². The average molecular weight is 411 g/mol. The number of carbonyl (C=O) groups is 1. The molecule has 9 heteroatoms. The van der Waals surface area contributed by atoms with Crippen molar-refractivity contribution < 1.29 is 21.6 Å². The third-order valence-corrected chi connectivity index (χ3v) is 6.48. The fourth-order valence-corrected chi connectivity index (χ4v) is 3.52. The highest BCUT2D eigenvalue weighted by Gasteiger charge is 2.15. The molecule has 1 N–H and O–H groups in total. The number of sulfonamides is 1. The Hall–Kier alpha value is -2.39. The fraction of sp³-hybridized carbons (Fsp3) is 0.278. The molecule has 0 aliphatic rings. The van der Waals surface area contributed by atoms with Crippen LogP contribution in [0.5, 0.6) is 0 Å². The zero-order valence-corrected chi connectivity index (χ0v) is 17.1. The molecule has 0 bridgehead atoms. The topological polar surface area (TPSA) is 101 Å². The zero-order valence-electron chi connectivity index (χ0n) is 15.5. The van der Waals surface area contributed by atoms with Crippen molar-refractivity contribution in [3.05, 3.63) is 59.7 Å². The van der Waals surface area contributed by atoms with Crippen LogP contribution >= 0.6 is 0 Å². The SMILES string of the molecule is C[C@@H](NC(=O)c1ccc(N(C)S(C)(=O)=O)cc1)c1ccc(S(C)(=O)=O)cc1. The summed E-state index contributed by atoms with van der Waals surface area (Å²) in [7, 11) is -5.20. The van der Waals surface area contributed by atoms with Gasteiger partial charge in [0.05, 0.1) is 22.9 Å². The molecule has 1 amide bonds. The lowest BCUT2D eigenvalue weighted by Crippen LogP contribution is -2.27. The van der Waals surface area contributed by atoms with Crippen LogP contribution in [-0.2, 0) is 19.9 Å². The second-order valence-electron chi connectivity index (χ2n) is 6.31. The van der Waals surface area contributed by atoms with Gasteiger partial charge in [0.15, 0.2) is 9.84 Å². The van der Waals surface area contributed by atoms with E-state index in [1.165, 1.54) is 19.2 Å². The highest BCUT2D eigenvalue weighted by Crippen LogP contribution is 2.19. The number of rotatable bonds is 6. The predicted molar refractivity (Wildman–Crippen MR) is 105 cm³/mol. The number of hydrogen-bond donors (Lipinski definition) is 1. The molecule has 0 aliphatic carbocycles. The summed E-state index contributed by atoms with van der Waals surface area (Å²) >= 11 is 0.